The van der Waals surface area contributed by atoms with E-state index in [9.17, 15) is 0 Å². The van der Waals surface area contributed by atoms with Crippen molar-refractivity contribution in [2.75, 3.05) is 38.1 Å². The molecular weight excluding hydrogens is 224 g/mol. The molecule has 3 heteroatoms. The van der Waals surface area contributed by atoms with E-state index in [1.807, 2.05) is 0 Å². The molecule has 0 radical (unpaired) electrons. The molecule has 3 rings (SSSR count). The molecule has 2 aliphatic rings. The average Bonchev–Trinajstić information content (AvgIpc) is 2.80. The third kappa shape index (κ3) is 2.52. The molecular formula is C15H22N2O. The van der Waals surface area contributed by atoms with Crippen LogP contribution >= 0.6 is 0 Å². The molecule has 0 bridgehead atoms. The molecule has 2 heterocycles. The summed E-state index contributed by atoms with van der Waals surface area (Å²) in [5.41, 5.74) is 2.83. The molecule has 1 saturated heterocycles. The summed E-state index contributed by atoms with van der Waals surface area (Å²) >= 11 is 0. The fourth-order valence-corrected chi connectivity index (χ4v) is 3.05. The lowest BCUT2D eigenvalue weighted by Gasteiger charge is -2.31. The summed E-state index contributed by atoms with van der Waals surface area (Å²) in [6.45, 7) is 7.51. The largest absolute Gasteiger partial charge is 0.384 e. The normalized spacial score (nSPS) is 27.8. The van der Waals surface area contributed by atoms with Crippen molar-refractivity contribution in [3.05, 3.63) is 29.8 Å². The molecule has 0 saturated carbocycles. The standard InChI is InChI=1S/C15H22N2O/c1-12-11-17(8-9-18-12)7-6-13-10-16-15-5-3-2-4-14(13)15/h2-5,12-13,16H,6-11H2,1H3. The van der Waals surface area contributed by atoms with Crippen LogP contribution in [-0.2, 0) is 4.74 Å². The number of ether oxygens (including phenoxy) is 1. The number of hydrogen-bond donors (Lipinski definition) is 1. The van der Waals surface area contributed by atoms with Gasteiger partial charge in [-0.05, 0) is 31.5 Å². The molecule has 1 aromatic carbocycles. The highest BCUT2D eigenvalue weighted by atomic mass is 16.5. The lowest BCUT2D eigenvalue weighted by molar-refractivity contribution is -0.0188. The lowest BCUT2D eigenvalue weighted by atomic mass is 9.97. The Morgan fingerprint density at radius 3 is 3.17 bits per heavy atom. The molecule has 2 aliphatic heterocycles. The monoisotopic (exact) mass is 246 g/mol. The van der Waals surface area contributed by atoms with Crippen LogP contribution in [0.2, 0.25) is 0 Å². The first-order valence-electron chi connectivity index (χ1n) is 6.99. The van der Waals surface area contributed by atoms with Gasteiger partial charge in [0.15, 0.2) is 0 Å². The van der Waals surface area contributed by atoms with E-state index in [-0.39, 0.29) is 0 Å². The molecule has 1 fully saturated rings. The zero-order valence-electron chi connectivity index (χ0n) is 11.1. The van der Waals surface area contributed by atoms with Crippen molar-refractivity contribution in [1.29, 1.82) is 0 Å². The van der Waals surface area contributed by atoms with Crippen molar-refractivity contribution in [2.24, 2.45) is 0 Å². The van der Waals surface area contributed by atoms with Crippen LogP contribution in [0.5, 0.6) is 0 Å². The third-order valence-corrected chi connectivity index (χ3v) is 4.06. The van der Waals surface area contributed by atoms with Gasteiger partial charge in [0.2, 0.25) is 0 Å². The van der Waals surface area contributed by atoms with E-state index < -0.39 is 0 Å². The molecule has 0 aromatic heterocycles. The maximum absolute atomic E-state index is 5.58. The molecule has 2 atom stereocenters. The predicted octanol–water partition coefficient (Wildman–Crippen LogP) is 2.31. The second-order valence-corrected chi connectivity index (χ2v) is 5.44. The van der Waals surface area contributed by atoms with Gasteiger partial charge in [0.25, 0.3) is 0 Å². The molecule has 0 aliphatic carbocycles. The maximum Gasteiger partial charge on any atom is 0.0674 e. The second-order valence-electron chi connectivity index (χ2n) is 5.44. The Labute approximate surface area is 109 Å². The molecule has 1 N–H and O–H groups in total. The van der Waals surface area contributed by atoms with Gasteiger partial charge in [0, 0.05) is 31.2 Å². The average molecular weight is 246 g/mol. The van der Waals surface area contributed by atoms with Crippen molar-refractivity contribution in [3.63, 3.8) is 0 Å². The number of anilines is 1. The van der Waals surface area contributed by atoms with Crippen molar-refractivity contribution < 1.29 is 4.74 Å². The van der Waals surface area contributed by atoms with Gasteiger partial charge in [-0.1, -0.05) is 18.2 Å². The maximum atomic E-state index is 5.58. The highest BCUT2D eigenvalue weighted by Crippen LogP contribution is 2.33. The van der Waals surface area contributed by atoms with Gasteiger partial charge in [0.1, 0.15) is 0 Å². The Hall–Kier alpha value is -1.06. The number of nitrogens with one attached hydrogen (secondary N) is 1. The number of benzene rings is 1. The second kappa shape index (κ2) is 5.29. The first kappa shape index (κ1) is 12.0. The van der Waals surface area contributed by atoms with Gasteiger partial charge >= 0.3 is 0 Å². The minimum atomic E-state index is 0.396. The zero-order chi connectivity index (χ0) is 12.4. The fraction of sp³-hybridized carbons (Fsp3) is 0.600. The van der Waals surface area contributed by atoms with Gasteiger partial charge in [-0.25, -0.2) is 0 Å². The smallest absolute Gasteiger partial charge is 0.0674 e. The van der Waals surface area contributed by atoms with Gasteiger partial charge in [0.05, 0.1) is 12.7 Å². The Morgan fingerprint density at radius 2 is 2.28 bits per heavy atom. The van der Waals surface area contributed by atoms with Crippen molar-refractivity contribution >= 4 is 5.69 Å². The fourth-order valence-electron chi connectivity index (χ4n) is 3.05. The van der Waals surface area contributed by atoms with E-state index in [1.54, 1.807) is 0 Å². The van der Waals surface area contributed by atoms with Crippen molar-refractivity contribution in [3.8, 4) is 0 Å². The van der Waals surface area contributed by atoms with Gasteiger partial charge in [-0.2, -0.15) is 0 Å². The Kier molecular flexibility index (Phi) is 3.52. The topological polar surface area (TPSA) is 24.5 Å². The number of hydrogen-bond acceptors (Lipinski definition) is 3. The summed E-state index contributed by atoms with van der Waals surface area (Å²) in [5, 5.41) is 3.50. The van der Waals surface area contributed by atoms with Crippen molar-refractivity contribution in [2.45, 2.75) is 25.4 Å². The molecule has 0 spiro atoms. The molecule has 0 amide bonds. The number of fused-ring (bicyclic) bond motifs is 1. The molecule has 2 unspecified atom stereocenters. The minimum Gasteiger partial charge on any atom is -0.384 e. The molecule has 3 nitrogen and oxygen atoms in total. The van der Waals surface area contributed by atoms with E-state index in [1.165, 1.54) is 24.2 Å². The van der Waals surface area contributed by atoms with Crippen molar-refractivity contribution in [1.82, 2.24) is 4.90 Å². The summed E-state index contributed by atoms with van der Waals surface area (Å²) in [6, 6.07) is 8.71. The summed E-state index contributed by atoms with van der Waals surface area (Å²) in [7, 11) is 0. The Bertz CT molecular complexity index is 407. The highest BCUT2D eigenvalue weighted by molar-refractivity contribution is 5.57. The van der Waals surface area contributed by atoms with E-state index in [0.29, 0.717) is 12.0 Å². The van der Waals surface area contributed by atoms with Gasteiger partial charge in [-0.3, -0.25) is 4.90 Å². The third-order valence-electron chi connectivity index (χ3n) is 4.06. The van der Waals surface area contributed by atoms with Gasteiger partial charge in [-0.15, -0.1) is 0 Å². The minimum absolute atomic E-state index is 0.396. The summed E-state index contributed by atoms with van der Waals surface area (Å²) in [5.74, 6) is 0.680. The number of rotatable bonds is 3. The quantitative estimate of drug-likeness (QED) is 0.885. The molecule has 18 heavy (non-hydrogen) atoms. The Morgan fingerprint density at radius 1 is 1.39 bits per heavy atom. The molecule has 98 valence electrons. The van der Waals surface area contributed by atoms with E-state index in [4.69, 9.17) is 4.74 Å². The van der Waals surface area contributed by atoms with Crippen LogP contribution in [0.3, 0.4) is 0 Å². The number of nitrogens with zero attached hydrogens (tertiary/aromatic N) is 1. The van der Waals surface area contributed by atoms with Crippen LogP contribution in [-0.4, -0.2) is 43.8 Å². The number of morpholine rings is 1. The van der Waals surface area contributed by atoms with Crippen LogP contribution in [0.25, 0.3) is 0 Å². The first-order valence-corrected chi connectivity index (χ1v) is 6.99. The Balaban J connectivity index is 1.55. The van der Waals surface area contributed by atoms with E-state index >= 15 is 0 Å². The summed E-state index contributed by atoms with van der Waals surface area (Å²) in [4.78, 5) is 2.54. The van der Waals surface area contributed by atoms with Crippen LogP contribution < -0.4 is 5.32 Å². The highest BCUT2D eigenvalue weighted by Gasteiger charge is 2.23. The molecule has 1 aromatic rings. The van der Waals surface area contributed by atoms with Crippen LogP contribution in [0, 0.1) is 0 Å². The van der Waals surface area contributed by atoms with Gasteiger partial charge < -0.3 is 10.1 Å². The first-order chi connectivity index (χ1) is 8.83. The van der Waals surface area contributed by atoms with Crippen LogP contribution in [0.1, 0.15) is 24.8 Å². The zero-order valence-corrected chi connectivity index (χ0v) is 11.1. The van der Waals surface area contributed by atoms with Crippen LogP contribution in [0.15, 0.2) is 24.3 Å². The van der Waals surface area contributed by atoms with E-state index in [2.05, 4.69) is 41.4 Å². The predicted molar refractivity (Wildman–Crippen MR) is 74.1 cm³/mol. The lowest BCUT2D eigenvalue weighted by Crippen LogP contribution is -2.41. The summed E-state index contributed by atoms with van der Waals surface area (Å²) < 4.78 is 5.58. The SMILES string of the molecule is CC1CN(CCC2CNc3ccccc32)CCO1. The number of para-hydroxylation sites is 1. The van der Waals surface area contributed by atoms with E-state index in [0.717, 1.165) is 26.2 Å². The van der Waals surface area contributed by atoms with Crippen LogP contribution in [0.4, 0.5) is 5.69 Å². The summed E-state index contributed by atoms with van der Waals surface area (Å²) in [6.07, 6.45) is 1.64.